The van der Waals surface area contributed by atoms with Crippen molar-refractivity contribution >= 4 is 29.2 Å². The van der Waals surface area contributed by atoms with Gasteiger partial charge in [0.05, 0.1) is 5.41 Å². The van der Waals surface area contributed by atoms with E-state index in [1.807, 2.05) is 29.2 Å². The third kappa shape index (κ3) is 4.20. The number of carbonyl (C=O) groups is 2. The van der Waals surface area contributed by atoms with E-state index in [9.17, 15) is 9.59 Å². The monoisotopic (exact) mass is 452 g/mol. The van der Waals surface area contributed by atoms with Crippen LogP contribution < -0.4 is 10.2 Å². The fraction of sp³-hybridized carbons (Fsp3) is 0.480. The smallest absolute Gasteiger partial charge is 0.253 e. The minimum absolute atomic E-state index is 0.0158. The maximum absolute atomic E-state index is 13.6. The number of fused-ring (bicyclic) bond motifs is 1. The summed E-state index contributed by atoms with van der Waals surface area (Å²) in [7, 11) is 0. The molecule has 1 aliphatic carbocycles. The first-order valence-corrected chi connectivity index (χ1v) is 11.9. The predicted octanol–water partition coefficient (Wildman–Crippen LogP) is 3.62. The van der Waals surface area contributed by atoms with Crippen LogP contribution in [0.5, 0.6) is 0 Å². The Kier molecular flexibility index (Phi) is 5.80. The third-order valence-electron chi connectivity index (χ3n) is 7.22. The van der Waals surface area contributed by atoms with Gasteiger partial charge in [0, 0.05) is 55.4 Å². The molecule has 2 aromatic rings. The van der Waals surface area contributed by atoms with Gasteiger partial charge in [0.2, 0.25) is 5.91 Å². The fourth-order valence-corrected chi connectivity index (χ4v) is 5.43. The van der Waals surface area contributed by atoms with E-state index in [4.69, 9.17) is 11.6 Å². The number of amides is 2. The standard InChI is InChI=1S/C25H29ClN4O2/c26-21-6-3-5-19(13-21)23(31)29-12-4-10-25(24(32)28-14-18-8-9-18)17-30(16-20(25)15-29)22-7-1-2-11-27-22/h1-3,5-7,11,13,18,20H,4,8-10,12,14-17H2,(H,28,32)/t20-,25-/m0/s1. The summed E-state index contributed by atoms with van der Waals surface area (Å²) in [5.74, 6) is 1.70. The molecule has 1 N–H and O–H groups in total. The lowest BCUT2D eigenvalue weighted by molar-refractivity contribution is -0.132. The van der Waals surface area contributed by atoms with Crippen LogP contribution in [0.1, 0.15) is 36.0 Å². The van der Waals surface area contributed by atoms with Crippen LogP contribution in [0.25, 0.3) is 0 Å². The van der Waals surface area contributed by atoms with E-state index in [0.717, 1.165) is 25.2 Å². The summed E-state index contributed by atoms with van der Waals surface area (Å²) in [5, 5.41) is 3.81. The predicted molar refractivity (Wildman–Crippen MR) is 125 cm³/mol. The Balaban J connectivity index is 1.41. The Labute approximate surface area is 193 Å². The zero-order chi connectivity index (χ0) is 22.1. The summed E-state index contributed by atoms with van der Waals surface area (Å²) >= 11 is 6.13. The van der Waals surface area contributed by atoms with Crippen LogP contribution in [0.2, 0.25) is 5.02 Å². The van der Waals surface area contributed by atoms with Crippen LogP contribution >= 0.6 is 11.6 Å². The Morgan fingerprint density at radius 1 is 1.16 bits per heavy atom. The lowest BCUT2D eigenvalue weighted by atomic mass is 9.74. The van der Waals surface area contributed by atoms with Crippen molar-refractivity contribution in [3.63, 3.8) is 0 Å². The van der Waals surface area contributed by atoms with Gasteiger partial charge in [0.15, 0.2) is 0 Å². The molecular weight excluding hydrogens is 424 g/mol. The van der Waals surface area contributed by atoms with Gasteiger partial charge in [-0.3, -0.25) is 9.59 Å². The Morgan fingerprint density at radius 3 is 2.78 bits per heavy atom. The highest BCUT2D eigenvalue weighted by atomic mass is 35.5. The molecule has 2 saturated heterocycles. The van der Waals surface area contributed by atoms with Crippen LogP contribution in [0.3, 0.4) is 0 Å². The van der Waals surface area contributed by atoms with Crippen molar-refractivity contribution in [1.82, 2.24) is 15.2 Å². The number of nitrogens with zero attached hydrogens (tertiary/aromatic N) is 3. The molecule has 2 aliphatic heterocycles. The maximum atomic E-state index is 13.6. The Bertz CT molecular complexity index is 996. The van der Waals surface area contributed by atoms with Gasteiger partial charge < -0.3 is 15.1 Å². The van der Waals surface area contributed by atoms with Crippen LogP contribution in [0.4, 0.5) is 5.82 Å². The number of anilines is 1. The second-order valence-corrected chi connectivity index (χ2v) is 9.88. The molecule has 2 atom stereocenters. The summed E-state index contributed by atoms with van der Waals surface area (Å²) in [6.07, 6.45) is 5.78. The Morgan fingerprint density at radius 2 is 2.03 bits per heavy atom. The summed E-state index contributed by atoms with van der Waals surface area (Å²) in [5.41, 5.74) is 0.0956. The first-order chi connectivity index (χ1) is 15.5. The average molecular weight is 453 g/mol. The molecule has 0 radical (unpaired) electrons. The molecule has 7 heteroatoms. The van der Waals surface area contributed by atoms with Crippen molar-refractivity contribution in [1.29, 1.82) is 0 Å². The molecule has 1 saturated carbocycles. The van der Waals surface area contributed by atoms with E-state index in [2.05, 4.69) is 15.2 Å². The molecule has 32 heavy (non-hydrogen) atoms. The molecule has 0 unspecified atom stereocenters. The van der Waals surface area contributed by atoms with Crippen molar-refractivity contribution < 1.29 is 9.59 Å². The molecule has 3 heterocycles. The van der Waals surface area contributed by atoms with Crippen LogP contribution in [-0.2, 0) is 4.79 Å². The van der Waals surface area contributed by atoms with Gasteiger partial charge >= 0.3 is 0 Å². The lowest BCUT2D eigenvalue weighted by Gasteiger charge is -2.32. The first-order valence-electron chi connectivity index (χ1n) is 11.5. The highest BCUT2D eigenvalue weighted by molar-refractivity contribution is 6.30. The number of halogens is 1. The molecule has 0 spiro atoms. The lowest BCUT2D eigenvalue weighted by Crippen LogP contribution is -2.48. The fourth-order valence-electron chi connectivity index (χ4n) is 5.24. The summed E-state index contributed by atoms with van der Waals surface area (Å²) in [6, 6.07) is 13.0. The topological polar surface area (TPSA) is 65.5 Å². The van der Waals surface area contributed by atoms with Crippen LogP contribution in [-0.4, -0.2) is 54.4 Å². The van der Waals surface area contributed by atoms with E-state index in [-0.39, 0.29) is 17.7 Å². The minimum atomic E-state index is -0.504. The summed E-state index contributed by atoms with van der Waals surface area (Å²) in [4.78, 5) is 35.5. The average Bonchev–Trinajstić information content (AvgIpc) is 3.60. The van der Waals surface area contributed by atoms with E-state index >= 15 is 0 Å². The number of nitrogens with one attached hydrogen (secondary N) is 1. The molecule has 1 aromatic carbocycles. The van der Waals surface area contributed by atoms with E-state index in [1.165, 1.54) is 12.8 Å². The molecule has 2 amide bonds. The molecule has 3 fully saturated rings. The van der Waals surface area contributed by atoms with Gasteiger partial charge in [-0.2, -0.15) is 0 Å². The van der Waals surface area contributed by atoms with Gasteiger partial charge in [-0.15, -0.1) is 0 Å². The second-order valence-electron chi connectivity index (χ2n) is 9.44. The number of rotatable bonds is 5. The molecule has 168 valence electrons. The highest BCUT2D eigenvalue weighted by Crippen LogP contribution is 2.44. The van der Waals surface area contributed by atoms with Crippen LogP contribution in [0, 0.1) is 17.3 Å². The molecular formula is C25H29ClN4O2. The molecule has 0 bridgehead atoms. The molecule has 1 aromatic heterocycles. The maximum Gasteiger partial charge on any atom is 0.253 e. The zero-order valence-corrected chi connectivity index (χ0v) is 18.9. The van der Waals surface area contributed by atoms with E-state index < -0.39 is 5.41 Å². The van der Waals surface area contributed by atoms with Crippen molar-refractivity contribution in [2.45, 2.75) is 25.7 Å². The SMILES string of the molecule is O=C(c1cccc(Cl)c1)N1CCC[C@]2(C(=O)NCC3CC3)CN(c3ccccn3)C[C@@H]2C1. The number of carbonyl (C=O) groups excluding carboxylic acids is 2. The third-order valence-corrected chi connectivity index (χ3v) is 7.45. The summed E-state index contributed by atoms with van der Waals surface area (Å²) in [6.45, 7) is 3.34. The minimum Gasteiger partial charge on any atom is -0.355 e. The summed E-state index contributed by atoms with van der Waals surface area (Å²) < 4.78 is 0. The van der Waals surface area contributed by atoms with Gasteiger partial charge in [0.1, 0.15) is 5.82 Å². The first kappa shape index (κ1) is 21.3. The number of aromatic nitrogens is 1. The molecule has 6 nitrogen and oxygen atoms in total. The van der Waals surface area contributed by atoms with Crippen LogP contribution in [0.15, 0.2) is 48.7 Å². The van der Waals surface area contributed by atoms with Crippen molar-refractivity contribution in [2.75, 3.05) is 37.6 Å². The van der Waals surface area contributed by atoms with Gasteiger partial charge in [-0.05, 0) is 61.9 Å². The van der Waals surface area contributed by atoms with E-state index in [1.54, 1.807) is 24.4 Å². The molecule has 3 aliphatic rings. The zero-order valence-electron chi connectivity index (χ0n) is 18.2. The molecule has 5 rings (SSSR count). The van der Waals surface area contributed by atoms with Gasteiger partial charge in [-0.1, -0.05) is 23.7 Å². The largest absolute Gasteiger partial charge is 0.355 e. The number of pyridine rings is 1. The number of hydrogen-bond acceptors (Lipinski definition) is 4. The Hall–Kier alpha value is -2.60. The second kappa shape index (κ2) is 8.74. The van der Waals surface area contributed by atoms with Crippen molar-refractivity contribution in [2.24, 2.45) is 17.3 Å². The van der Waals surface area contributed by atoms with Crippen molar-refractivity contribution in [3.05, 3.63) is 59.2 Å². The van der Waals surface area contributed by atoms with E-state index in [0.29, 0.717) is 42.7 Å². The van der Waals surface area contributed by atoms with Crippen molar-refractivity contribution in [3.8, 4) is 0 Å². The number of benzene rings is 1. The van der Waals surface area contributed by atoms with Gasteiger partial charge in [-0.25, -0.2) is 4.98 Å². The number of likely N-dealkylation sites (tertiary alicyclic amines) is 1. The van der Waals surface area contributed by atoms with Gasteiger partial charge in [0.25, 0.3) is 5.91 Å². The quantitative estimate of drug-likeness (QED) is 0.752. The normalized spacial score (nSPS) is 25.2. The number of hydrogen-bond donors (Lipinski definition) is 1. The highest BCUT2D eigenvalue weighted by Gasteiger charge is 2.53.